The Bertz CT molecular complexity index is 407. The molecule has 2 heterocycles. The van der Waals surface area contributed by atoms with Gasteiger partial charge in [-0.15, -0.1) is 11.3 Å². The Morgan fingerprint density at radius 2 is 2.47 bits per heavy atom. The summed E-state index contributed by atoms with van der Waals surface area (Å²) >= 11 is 1.35. The molecule has 92 valence electrons. The minimum absolute atomic E-state index is 0.206. The lowest BCUT2D eigenvalue weighted by Crippen LogP contribution is -2.43. The largest absolute Gasteiger partial charge is 0.453 e. The smallest absolute Gasteiger partial charge is 0.410 e. The number of ether oxygens (including phenoxy) is 1. The number of methoxy groups -OCH3 is 1. The number of hydrogen-bond acceptors (Lipinski definition) is 5. The van der Waals surface area contributed by atoms with Crippen LogP contribution in [0.4, 0.5) is 9.93 Å². The van der Waals surface area contributed by atoms with E-state index in [0.717, 1.165) is 6.42 Å². The maximum absolute atomic E-state index is 11.9. The van der Waals surface area contributed by atoms with E-state index in [1.54, 1.807) is 11.6 Å². The molecule has 0 aliphatic carbocycles. The van der Waals surface area contributed by atoms with Gasteiger partial charge in [-0.05, 0) is 12.8 Å². The highest BCUT2D eigenvalue weighted by atomic mass is 32.1. The third-order valence-electron chi connectivity index (χ3n) is 2.63. The van der Waals surface area contributed by atoms with Crippen molar-refractivity contribution in [2.75, 3.05) is 19.0 Å². The second kappa shape index (κ2) is 5.13. The van der Waals surface area contributed by atoms with E-state index < -0.39 is 12.1 Å². The summed E-state index contributed by atoms with van der Waals surface area (Å²) in [5.74, 6) is -0.206. The van der Waals surface area contributed by atoms with Gasteiger partial charge in [0.15, 0.2) is 5.13 Å². The number of thiazole rings is 1. The molecule has 1 aliphatic rings. The summed E-state index contributed by atoms with van der Waals surface area (Å²) in [6, 6.07) is -0.452. The van der Waals surface area contributed by atoms with Crippen molar-refractivity contribution in [3.8, 4) is 0 Å². The highest BCUT2D eigenvalue weighted by Gasteiger charge is 2.34. The second-order valence-corrected chi connectivity index (χ2v) is 4.54. The van der Waals surface area contributed by atoms with Gasteiger partial charge in [0, 0.05) is 18.1 Å². The SMILES string of the molecule is COC(=O)N1CCCC1C(=O)Nc1nccs1. The Morgan fingerprint density at radius 3 is 3.12 bits per heavy atom. The topological polar surface area (TPSA) is 71.5 Å². The van der Waals surface area contributed by atoms with Gasteiger partial charge in [-0.1, -0.05) is 0 Å². The monoisotopic (exact) mass is 255 g/mol. The van der Waals surface area contributed by atoms with Crippen LogP contribution in [-0.2, 0) is 9.53 Å². The molecule has 2 amide bonds. The number of carbonyl (C=O) groups excluding carboxylic acids is 2. The van der Waals surface area contributed by atoms with E-state index in [9.17, 15) is 9.59 Å². The molecule has 1 fully saturated rings. The minimum Gasteiger partial charge on any atom is -0.453 e. The zero-order chi connectivity index (χ0) is 12.3. The molecule has 6 nitrogen and oxygen atoms in total. The molecule has 1 unspecified atom stereocenters. The molecule has 0 spiro atoms. The first-order valence-electron chi connectivity index (χ1n) is 5.27. The van der Waals surface area contributed by atoms with Crippen molar-refractivity contribution in [1.82, 2.24) is 9.88 Å². The fourth-order valence-corrected chi connectivity index (χ4v) is 2.38. The van der Waals surface area contributed by atoms with Gasteiger partial charge in [-0.25, -0.2) is 9.78 Å². The first-order chi connectivity index (χ1) is 8.22. The van der Waals surface area contributed by atoms with Crippen molar-refractivity contribution in [3.63, 3.8) is 0 Å². The van der Waals surface area contributed by atoms with Crippen LogP contribution >= 0.6 is 11.3 Å². The fourth-order valence-electron chi connectivity index (χ4n) is 1.85. The van der Waals surface area contributed by atoms with E-state index in [0.29, 0.717) is 18.1 Å². The van der Waals surface area contributed by atoms with Crippen molar-refractivity contribution in [2.45, 2.75) is 18.9 Å². The summed E-state index contributed by atoms with van der Waals surface area (Å²) in [7, 11) is 1.32. The van der Waals surface area contributed by atoms with Gasteiger partial charge in [-0.3, -0.25) is 9.69 Å². The molecule has 17 heavy (non-hydrogen) atoms. The highest BCUT2D eigenvalue weighted by molar-refractivity contribution is 7.13. The standard InChI is InChI=1S/C10H13N3O3S/c1-16-10(15)13-5-2-3-7(13)8(14)12-9-11-4-6-17-9/h4,6-7H,2-3,5H2,1H3,(H,11,12,14). The van der Waals surface area contributed by atoms with Gasteiger partial charge in [0.2, 0.25) is 5.91 Å². The predicted molar refractivity (Wildman–Crippen MR) is 62.9 cm³/mol. The molecular weight excluding hydrogens is 242 g/mol. The van der Waals surface area contributed by atoms with Crippen LogP contribution in [0.2, 0.25) is 0 Å². The first kappa shape index (κ1) is 11.8. The van der Waals surface area contributed by atoms with E-state index in [-0.39, 0.29) is 5.91 Å². The van der Waals surface area contributed by atoms with Crippen LogP contribution in [0.1, 0.15) is 12.8 Å². The normalized spacial score (nSPS) is 19.1. The highest BCUT2D eigenvalue weighted by Crippen LogP contribution is 2.20. The molecule has 2 rings (SSSR count). The van der Waals surface area contributed by atoms with Crippen molar-refractivity contribution >= 4 is 28.5 Å². The van der Waals surface area contributed by atoms with Gasteiger partial charge < -0.3 is 10.1 Å². The average Bonchev–Trinajstić information content (AvgIpc) is 2.97. The van der Waals surface area contributed by atoms with Crippen molar-refractivity contribution < 1.29 is 14.3 Å². The molecule has 0 bridgehead atoms. The summed E-state index contributed by atoms with van der Waals surface area (Å²) < 4.78 is 4.64. The van der Waals surface area contributed by atoms with Gasteiger partial charge >= 0.3 is 6.09 Å². The zero-order valence-electron chi connectivity index (χ0n) is 9.38. The third kappa shape index (κ3) is 2.55. The van der Waals surface area contributed by atoms with Crippen LogP contribution in [0.25, 0.3) is 0 Å². The number of nitrogens with zero attached hydrogens (tertiary/aromatic N) is 2. The fraction of sp³-hybridized carbons (Fsp3) is 0.500. The predicted octanol–water partition coefficient (Wildman–Crippen LogP) is 1.31. The summed E-state index contributed by atoms with van der Waals surface area (Å²) in [6.07, 6.45) is 2.63. The first-order valence-corrected chi connectivity index (χ1v) is 6.15. The number of likely N-dealkylation sites (tertiary alicyclic amines) is 1. The molecule has 1 saturated heterocycles. The van der Waals surface area contributed by atoms with Crippen LogP contribution in [-0.4, -0.2) is 41.6 Å². The second-order valence-electron chi connectivity index (χ2n) is 3.65. The van der Waals surface area contributed by atoms with Gasteiger partial charge in [0.25, 0.3) is 0 Å². The van der Waals surface area contributed by atoms with E-state index in [2.05, 4.69) is 15.0 Å². The third-order valence-corrected chi connectivity index (χ3v) is 3.32. The Balaban J connectivity index is 2.01. The molecule has 1 aromatic heterocycles. The van der Waals surface area contributed by atoms with E-state index in [1.165, 1.54) is 23.3 Å². The maximum Gasteiger partial charge on any atom is 0.410 e. The minimum atomic E-state index is -0.457. The Kier molecular flexibility index (Phi) is 3.58. The zero-order valence-corrected chi connectivity index (χ0v) is 10.2. The maximum atomic E-state index is 11.9. The van der Waals surface area contributed by atoms with Gasteiger partial charge in [0.05, 0.1) is 7.11 Å². The van der Waals surface area contributed by atoms with E-state index in [1.807, 2.05) is 0 Å². The van der Waals surface area contributed by atoms with Crippen LogP contribution < -0.4 is 5.32 Å². The Morgan fingerprint density at radius 1 is 1.65 bits per heavy atom. The van der Waals surface area contributed by atoms with E-state index in [4.69, 9.17) is 0 Å². The number of anilines is 1. The lowest BCUT2D eigenvalue weighted by Gasteiger charge is -2.21. The molecular formula is C10H13N3O3S. The quantitative estimate of drug-likeness (QED) is 0.865. The molecule has 0 aromatic carbocycles. The molecule has 7 heteroatoms. The number of hydrogen-bond donors (Lipinski definition) is 1. The number of nitrogens with one attached hydrogen (secondary N) is 1. The number of rotatable bonds is 2. The molecule has 1 aliphatic heterocycles. The van der Waals surface area contributed by atoms with Crippen molar-refractivity contribution in [1.29, 1.82) is 0 Å². The van der Waals surface area contributed by atoms with Crippen LogP contribution in [0, 0.1) is 0 Å². The lowest BCUT2D eigenvalue weighted by molar-refractivity contribution is -0.119. The van der Waals surface area contributed by atoms with Crippen LogP contribution in [0.3, 0.4) is 0 Å². The lowest BCUT2D eigenvalue weighted by atomic mass is 10.2. The Hall–Kier alpha value is -1.63. The average molecular weight is 255 g/mol. The van der Waals surface area contributed by atoms with Gasteiger partial charge in [-0.2, -0.15) is 0 Å². The van der Waals surface area contributed by atoms with Crippen LogP contribution in [0.5, 0.6) is 0 Å². The van der Waals surface area contributed by atoms with Crippen LogP contribution in [0.15, 0.2) is 11.6 Å². The number of aromatic nitrogens is 1. The molecule has 0 saturated carbocycles. The summed E-state index contributed by atoms with van der Waals surface area (Å²) in [6.45, 7) is 0.558. The molecule has 0 radical (unpaired) electrons. The summed E-state index contributed by atoms with van der Waals surface area (Å²) in [5, 5.41) is 5.02. The van der Waals surface area contributed by atoms with Gasteiger partial charge in [0.1, 0.15) is 6.04 Å². The summed E-state index contributed by atoms with van der Waals surface area (Å²) in [5.41, 5.74) is 0. The number of amides is 2. The molecule has 1 N–H and O–H groups in total. The molecule has 1 atom stereocenters. The van der Waals surface area contributed by atoms with E-state index >= 15 is 0 Å². The molecule has 1 aromatic rings. The van der Waals surface area contributed by atoms with Crippen molar-refractivity contribution in [2.24, 2.45) is 0 Å². The summed E-state index contributed by atoms with van der Waals surface area (Å²) in [4.78, 5) is 28.8. The number of carbonyl (C=O) groups is 2. The Labute approximate surface area is 103 Å². The van der Waals surface area contributed by atoms with Crippen molar-refractivity contribution in [3.05, 3.63) is 11.6 Å².